The first-order valence-corrected chi connectivity index (χ1v) is 11.3. The van der Waals surface area contributed by atoms with Gasteiger partial charge in [-0.2, -0.15) is 5.26 Å². The summed E-state index contributed by atoms with van der Waals surface area (Å²) in [6.45, 7) is 0. The average molecular weight is 462 g/mol. The van der Waals surface area contributed by atoms with E-state index >= 15 is 0 Å². The Morgan fingerprint density at radius 2 is 1.56 bits per heavy atom. The summed E-state index contributed by atoms with van der Waals surface area (Å²) in [4.78, 5) is 31.8. The number of ether oxygens (including phenoxy) is 1. The third kappa shape index (κ3) is 2.90. The van der Waals surface area contributed by atoms with Crippen LogP contribution in [0, 0.1) is 11.3 Å². The highest BCUT2D eigenvalue weighted by Crippen LogP contribution is 2.49. The molecule has 1 unspecified atom stereocenters. The molecule has 2 heterocycles. The number of rotatable bonds is 2. The summed E-state index contributed by atoms with van der Waals surface area (Å²) in [6, 6.07) is 23.4. The number of hydrogen-bond acceptors (Lipinski definition) is 7. The highest BCUT2D eigenvalue weighted by atomic mass is 32.1. The number of Topliss-reactive ketones (excluding diaryl/α,β-unsaturated/α-hetero) is 2. The monoisotopic (exact) mass is 461 g/mol. The molecule has 1 atom stereocenters. The number of benzene rings is 3. The molecule has 0 spiro atoms. The third-order valence-corrected chi connectivity index (χ3v) is 7.13. The van der Waals surface area contributed by atoms with E-state index in [1.165, 1.54) is 11.3 Å². The number of nitrogens with zero attached hydrogens (tertiary/aromatic N) is 2. The Kier molecular flexibility index (Phi) is 4.44. The summed E-state index contributed by atoms with van der Waals surface area (Å²) >= 11 is 1.44. The Labute approximate surface area is 198 Å². The quantitative estimate of drug-likeness (QED) is 0.453. The molecule has 1 aliphatic carbocycles. The summed E-state index contributed by atoms with van der Waals surface area (Å²) < 4.78 is 6.84. The van der Waals surface area contributed by atoms with E-state index in [2.05, 4.69) is 6.07 Å². The van der Waals surface area contributed by atoms with E-state index in [0.717, 1.165) is 10.2 Å². The third-order valence-electron chi connectivity index (χ3n) is 6.06. The number of aromatic nitrogens is 1. The van der Waals surface area contributed by atoms with Crippen LogP contribution in [0.3, 0.4) is 0 Å². The second-order valence-corrected chi connectivity index (χ2v) is 9.01. The smallest absolute Gasteiger partial charge is 0.229 e. The van der Waals surface area contributed by atoms with E-state index in [0.29, 0.717) is 32.8 Å². The number of carbonyl (C=O) groups is 2. The standard InChI is InChI=1S/C27H15N3O3S/c28-13-14-9-11-15(12-10-14)20-21-23(31)16-5-1-2-6-17(16)24(32)25(21)33-26(29)22(20)27-30-18-7-3-4-8-19(18)34-27/h1-12,20H,29H2. The second kappa shape index (κ2) is 7.51. The number of nitriles is 1. The van der Waals surface area contributed by atoms with Crippen molar-refractivity contribution in [3.05, 3.63) is 117 Å². The maximum absolute atomic E-state index is 13.7. The van der Waals surface area contributed by atoms with Gasteiger partial charge in [-0.25, -0.2) is 4.98 Å². The number of allylic oxidation sites excluding steroid dienone is 3. The van der Waals surface area contributed by atoms with Crippen molar-refractivity contribution in [3.8, 4) is 6.07 Å². The first-order chi connectivity index (χ1) is 16.6. The molecule has 0 radical (unpaired) electrons. The number of para-hydroxylation sites is 1. The van der Waals surface area contributed by atoms with E-state index in [4.69, 9.17) is 15.5 Å². The van der Waals surface area contributed by atoms with E-state index in [9.17, 15) is 14.9 Å². The van der Waals surface area contributed by atoms with Crippen LogP contribution in [-0.2, 0) is 4.74 Å². The highest BCUT2D eigenvalue weighted by Gasteiger charge is 2.44. The van der Waals surface area contributed by atoms with Crippen LogP contribution >= 0.6 is 11.3 Å². The van der Waals surface area contributed by atoms with Crippen molar-refractivity contribution in [1.29, 1.82) is 5.26 Å². The zero-order chi connectivity index (χ0) is 23.4. The van der Waals surface area contributed by atoms with Gasteiger partial charge >= 0.3 is 0 Å². The van der Waals surface area contributed by atoms with Crippen LogP contribution in [0.4, 0.5) is 0 Å². The summed E-state index contributed by atoms with van der Waals surface area (Å²) in [7, 11) is 0. The lowest BCUT2D eigenvalue weighted by Crippen LogP contribution is -2.32. The molecule has 7 heteroatoms. The molecule has 0 amide bonds. The van der Waals surface area contributed by atoms with Gasteiger partial charge in [0.15, 0.2) is 17.4 Å². The van der Waals surface area contributed by atoms with Gasteiger partial charge in [0.25, 0.3) is 0 Å². The van der Waals surface area contributed by atoms with Crippen molar-refractivity contribution in [3.63, 3.8) is 0 Å². The number of fused-ring (bicyclic) bond motifs is 2. The summed E-state index contributed by atoms with van der Waals surface area (Å²) in [5.74, 6) is -1.37. The van der Waals surface area contributed by atoms with Gasteiger partial charge in [-0.1, -0.05) is 48.5 Å². The largest absolute Gasteiger partial charge is 0.437 e. The topological polar surface area (TPSA) is 106 Å². The maximum atomic E-state index is 13.7. The molecule has 0 fully saturated rings. The first-order valence-electron chi connectivity index (χ1n) is 10.5. The summed E-state index contributed by atoms with van der Waals surface area (Å²) in [5, 5.41) is 9.86. The lowest BCUT2D eigenvalue weighted by Gasteiger charge is -2.32. The van der Waals surface area contributed by atoms with Crippen LogP contribution in [0.5, 0.6) is 0 Å². The second-order valence-electron chi connectivity index (χ2n) is 7.98. The molecule has 4 aromatic rings. The van der Waals surface area contributed by atoms with Gasteiger partial charge in [-0.15, -0.1) is 11.3 Å². The van der Waals surface area contributed by atoms with Gasteiger partial charge in [0.1, 0.15) is 5.01 Å². The number of hydrogen-bond donors (Lipinski definition) is 1. The van der Waals surface area contributed by atoms with Crippen molar-refractivity contribution in [2.45, 2.75) is 5.92 Å². The maximum Gasteiger partial charge on any atom is 0.229 e. The Bertz CT molecular complexity index is 1600. The van der Waals surface area contributed by atoms with Crippen molar-refractivity contribution in [2.24, 2.45) is 5.73 Å². The number of nitrogens with two attached hydrogens (primary N) is 1. The zero-order valence-electron chi connectivity index (χ0n) is 17.6. The molecule has 1 aromatic heterocycles. The lowest BCUT2D eigenvalue weighted by atomic mass is 9.75. The molecule has 1 aliphatic heterocycles. The summed E-state index contributed by atoms with van der Waals surface area (Å²) in [5.41, 5.74) is 9.82. The molecule has 162 valence electrons. The molecule has 0 saturated heterocycles. The zero-order valence-corrected chi connectivity index (χ0v) is 18.4. The Morgan fingerprint density at radius 3 is 2.26 bits per heavy atom. The number of ketones is 2. The SMILES string of the molecule is N#Cc1ccc(C2C3=C(OC(N)=C2c2nc4ccccc4s2)C(=O)c2ccccc2C3=O)cc1. The van der Waals surface area contributed by atoms with Gasteiger partial charge in [0.2, 0.25) is 5.78 Å². The number of thiazole rings is 1. The summed E-state index contributed by atoms with van der Waals surface area (Å²) in [6.07, 6.45) is 0. The minimum Gasteiger partial charge on any atom is -0.437 e. The average Bonchev–Trinajstić information content (AvgIpc) is 3.30. The molecule has 2 aliphatic rings. The molecule has 3 aromatic carbocycles. The normalized spacial score (nSPS) is 17.3. The Hall–Kier alpha value is -4.54. The van der Waals surface area contributed by atoms with Crippen LogP contribution in [0.2, 0.25) is 0 Å². The van der Waals surface area contributed by atoms with Gasteiger partial charge in [-0.05, 0) is 29.8 Å². The molecular formula is C27H15N3O3S. The molecule has 6 rings (SSSR count). The van der Waals surface area contributed by atoms with Crippen LogP contribution in [0.15, 0.2) is 90.0 Å². The fourth-order valence-electron chi connectivity index (χ4n) is 4.49. The molecule has 0 bridgehead atoms. The van der Waals surface area contributed by atoms with Crippen LogP contribution in [-0.4, -0.2) is 16.6 Å². The predicted molar refractivity (Wildman–Crippen MR) is 128 cm³/mol. The molecule has 6 nitrogen and oxygen atoms in total. The van der Waals surface area contributed by atoms with Crippen LogP contribution in [0.25, 0.3) is 15.8 Å². The Morgan fingerprint density at radius 1 is 0.882 bits per heavy atom. The lowest BCUT2D eigenvalue weighted by molar-refractivity contribution is 0.0901. The van der Waals surface area contributed by atoms with Crippen molar-refractivity contribution >= 4 is 38.7 Å². The van der Waals surface area contributed by atoms with Crippen molar-refractivity contribution < 1.29 is 14.3 Å². The molecule has 2 N–H and O–H groups in total. The minimum absolute atomic E-state index is 0.0349. The molecular weight excluding hydrogens is 446 g/mol. The van der Waals surface area contributed by atoms with E-state index in [1.807, 2.05) is 24.3 Å². The van der Waals surface area contributed by atoms with E-state index < -0.39 is 5.92 Å². The fraction of sp³-hybridized carbons (Fsp3) is 0.0370. The molecule has 0 saturated carbocycles. The van der Waals surface area contributed by atoms with Gasteiger partial charge in [0.05, 0.1) is 33.0 Å². The van der Waals surface area contributed by atoms with Crippen LogP contribution in [0.1, 0.15) is 42.8 Å². The predicted octanol–water partition coefficient (Wildman–Crippen LogP) is 4.94. The number of carbonyl (C=O) groups excluding carboxylic acids is 2. The van der Waals surface area contributed by atoms with Crippen molar-refractivity contribution in [1.82, 2.24) is 4.98 Å². The highest BCUT2D eigenvalue weighted by molar-refractivity contribution is 7.19. The van der Waals surface area contributed by atoms with Gasteiger partial charge in [0, 0.05) is 17.0 Å². The van der Waals surface area contributed by atoms with Crippen LogP contribution < -0.4 is 5.73 Å². The van der Waals surface area contributed by atoms with E-state index in [1.54, 1.807) is 48.5 Å². The van der Waals surface area contributed by atoms with Gasteiger partial charge in [-0.3, -0.25) is 9.59 Å². The first kappa shape index (κ1) is 20.1. The van der Waals surface area contributed by atoms with Gasteiger partial charge < -0.3 is 10.5 Å². The fourth-order valence-corrected chi connectivity index (χ4v) is 5.53. The van der Waals surface area contributed by atoms with E-state index in [-0.39, 0.29) is 28.8 Å². The minimum atomic E-state index is -0.679. The van der Waals surface area contributed by atoms with Crippen molar-refractivity contribution in [2.75, 3.05) is 0 Å². The molecule has 34 heavy (non-hydrogen) atoms. The Balaban J connectivity index is 1.61.